The van der Waals surface area contributed by atoms with Crippen LogP contribution in [0.2, 0.25) is 0 Å². The molecule has 2 aromatic rings. The number of rotatable bonds is 1. The Kier molecular flexibility index (Phi) is 5.79. The summed E-state index contributed by atoms with van der Waals surface area (Å²) >= 11 is 4.45. The summed E-state index contributed by atoms with van der Waals surface area (Å²) in [6.07, 6.45) is 0. The molecule has 0 bridgehead atoms. The van der Waals surface area contributed by atoms with Crippen molar-refractivity contribution in [2.75, 3.05) is 31.1 Å². The first-order chi connectivity index (χ1) is 9.38. The molecule has 0 aromatic heterocycles. The fourth-order valence-electron chi connectivity index (χ4n) is 2.02. The van der Waals surface area contributed by atoms with Gasteiger partial charge in [0.25, 0.3) is 0 Å². The maximum absolute atomic E-state index is 4.45. The van der Waals surface area contributed by atoms with Gasteiger partial charge in [-0.1, -0.05) is 48.5 Å². The number of thiol groups is 1. The molecule has 1 fully saturated rings. The number of hydrogen-bond donors (Lipinski definition) is 2. The van der Waals surface area contributed by atoms with E-state index in [1.54, 1.807) is 0 Å². The molecular weight excluding hydrogens is 252 g/mol. The van der Waals surface area contributed by atoms with Gasteiger partial charge in [0.2, 0.25) is 0 Å². The Labute approximate surface area is 120 Å². The van der Waals surface area contributed by atoms with Crippen molar-refractivity contribution < 1.29 is 0 Å². The first-order valence-corrected chi connectivity index (χ1v) is 7.06. The van der Waals surface area contributed by atoms with E-state index in [1.165, 1.54) is 5.69 Å². The first-order valence-electron chi connectivity index (χ1n) is 6.61. The molecule has 0 radical (unpaired) electrons. The van der Waals surface area contributed by atoms with Crippen molar-refractivity contribution in [3.05, 3.63) is 60.7 Å². The van der Waals surface area contributed by atoms with Crippen molar-refractivity contribution in [3.63, 3.8) is 0 Å². The second-order valence-corrected chi connectivity index (χ2v) is 4.86. The highest BCUT2D eigenvalue weighted by Crippen LogP contribution is 2.23. The molecule has 100 valence electrons. The largest absolute Gasteiger partial charge is 0.368 e. The number of benzene rings is 2. The molecule has 3 heteroatoms. The fourth-order valence-corrected chi connectivity index (χ4v) is 2.32. The SMILES string of the molecule is Sc1ccccc1N1CCNCC1.c1ccccc1. The van der Waals surface area contributed by atoms with E-state index in [0.29, 0.717) is 0 Å². The van der Waals surface area contributed by atoms with E-state index in [-0.39, 0.29) is 0 Å². The Morgan fingerprint density at radius 2 is 1.32 bits per heavy atom. The monoisotopic (exact) mass is 272 g/mol. The van der Waals surface area contributed by atoms with Gasteiger partial charge in [0.05, 0.1) is 5.69 Å². The third kappa shape index (κ3) is 4.62. The number of nitrogens with zero attached hydrogens (tertiary/aromatic N) is 1. The summed E-state index contributed by atoms with van der Waals surface area (Å²) in [5, 5.41) is 3.34. The Balaban J connectivity index is 0.000000186. The normalized spacial score (nSPS) is 14.5. The second kappa shape index (κ2) is 7.87. The van der Waals surface area contributed by atoms with Gasteiger partial charge in [0.1, 0.15) is 0 Å². The van der Waals surface area contributed by atoms with Gasteiger partial charge in [-0.15, -0.1) is 12.6 Å². The maximum atomic E-state index is 4.45. The van der Waals surface area contributed by atoms with Crippen LogP contribution in [-0.2, 0) is 0 Å². The van der Waals surface area contributed by atoms with Crippen LogP contribution in [0.4, 0.5) is 5.69 Å². The van der Waals surface area contributed by atoms with Crippen LogP contribution < -0.4 is 10.2 Å². The molecule has 2 aromatic carbocycles. The summed E-state index contributed by atoms with van der Waals surface area (Å²) in [5.74, 6) is 0. The van der Waals surface area contributed by atoms with Gasteiger partial charge in [0.15, 0.2) is 0 Å². The zero-order valence-corrected chi connectivity index (χ0v) is 11.9. The van der Waals surface area contributed by atoms with Crippen LogP contribution in [0, 0.1) is 0 Å². The zero-order chi connectivity index (χ0) is 13.3. The molecular formula is C16H20N2S. The van der Waals surface area contributed by atoms with Gasteiger partial charge >= 0.3 is 0 Å². The van der Waals surface area contributed by atoms with Crippen molar-refractivity contribution in [3.8, 4) is 0 Å². The molecule has 1 heterocycles. The topological polar surface area (TPSA) is 15.3 Å². The summed E-state index contributed by atoms with van der Waals surface area (Å²) in [6.45, 7) is 4.30. The number of hydrogen-bond acceptors (Lipinski definition) is 3. The Morgan fingerprint density at radius 3 is 1.84 bits per heavy atom. The average molecular weight is 272 g/mol. The van der Waals surface area contributed by atoms with Gasteiger partial charge in [-0.05, 0) is 12.1 Å². The van der Waals surface area contributed by atoms with Crippen LogP contribution in [0.25, 0.3) is 0 Å². The van der Waals surface area contributed by atoms with Crippen LogP contribution in [0.15, 0.2) is 65.6 Å². The van der Waals surface area contributed by atoms with Crippen molar-refractivity contribution in [2.45, 2.75) is 4.90 Å². The second-order valence-electron chi connectivity index (χ2n) is 4.38. The third-order valence-electron chi connectivity index (χ3n) is 3.01. The first kappa shape index (κ1) is 14.0. The average Bonchev–Trinajstić information content (AvgIpc) is 2.51. The van der Waals surface area contributed by atoms with Gasteiger partial charge in [-0.2, -0.15) is 0 Å². The minimum absolute atomic E-state index is 1.07. The molecule has 2 nitrogen and oxygen atoms in total. The lowest BCUT2D eigenvalue weighted by molar-refractivity contribution is 0.587. The van der Waals surface area contributed by atoms with Crippen LogP contribution in [0.3, 0.4) is 0 Å². The van der Waals surface area contributed by atoms with Crippen LogP contribution in [-0.4, -0.2) is 26.2 Å². The molecule has 0 amide bonds. The summed E-state index contributed by atoms with van der Waals surface area (Å²) in [6, 6.07) is 20.3. The predicted octanol–water partition coefficient (Wildman–Crippen LogP) is 3.07. The highest BCUT2D eigenvalue weighted by Gasteiger charge is 2.11. The summed E-state index contributed by atoms with van der Waals surface area (Å²) in [4.78, 5) is 3.45. The number of piperazine rings is 1. The molecule has 3 rings (SSSR count). The molecule has 1 aliphatic rings. The van der Waals surface area contributed by atoms with Crippen LogP contribution in [0.5, 0.6) is 0 Å². The van der Waals surface area contributed by atoms with E-state index >= 15 is 0 Å². The minimum Gasteiger partial charge on any atom is -0.368 e. The fraction of sp³-hybridized carbons (Fsp3) is 0.250. The van der Waals surface area contributed by atoms with Crippen molar-refractivity contribution in [2.24, 2.45) is 0 Å². The Morgan fingerprint density at radius 1 is 0.789 bits per heavy atom. The number of anilines is 1. The lowest BCUT2D eigenvalue weighted by atomic mass is 10.2. The maximum Gasteiger partial charge on any atom is 0.0502 e. The van der Waals surface area contributed by atoms with Gasteiger partial charge in [-0.3, -0.25) is 0 Å². The molecule has 1 aliphatic heterocycles. The lowest BCUT2D eigenvalue weighted by Gasteiger charge is -2.30. The smallest absolute Gasteiger partial charge is 0.0502 e. The molecule has 0 atom stereocenters. The Hall–Kier alpha value is -1.45. The predicted molar refractivity (Wildman–Crippen MR) is 85.2 cm³/mol. The van der Waals surface area contributed by atoms with Crippen LogP contribution >= 0.6 is 12.6 Å². The van der Waals surface area contributed by atoms with Gasteiger partial charge in [-0.25, -0.2) is 0 Å². The molecule has 1 saturated heterocycles. The standard InChI is InChI=1S/C10H14N2S.C6H6/c13-10-4-2-1-3-9(10)12-7-5-11-6-8-12;1-2-4-6-5-3-1/h1-4,11,13H,5-8H2;1-6H. The third-order valence-corrected chi connectivity index (χ3v) is 3.38. The van der Waals surface area contributed by atoms with Crippen molar-refractivity contribution in [1.29, 1.82) is 0 Å². The minimum atomic E-state index is 1.07. The summed E-state index contributed by atoms with van der Waals surface area (Å²) in [7, 11) is 0. The van der Waals surface area contributed by atoms with Gasteiger partial charge < -0.3 is 10.2 Å². The van der Waals surface area contributed by atoms with E-state index < -0.39 is 0 Å². The quantitative estimate of drug-likeness (QED) is 0.776. The lowest BCUT2D eigenvalue weighted by Crippen LogP contribution is -2.43. The zero-order valence-electron chi connectivity index (χ0n) is 11.0. The summed E-state index contributed by atoms with van der Waals surface area (Å²) < 4.78 is 0. The van der Waals surface area contributed by atoms with E-state index in [2.05, 4.69) is 35.0 Å². The molecule has 0 unspecified atom stereocenters. The van der Waals surface area contributed by atoms with Gasteiger partial charge in [0, 0.05) is 31.1 Å². The highest BCUT2D eigenvalue weighted by atomic mass is 32.1. The van der Waals surface area contributed by atoms with E-state index in [1.807, 2.05) is 48.5 Å². The molecule has 1 N–H and O–H groups in total. The van der Waals surface area contributed by atoms with E-state index in [0.717, 1.165) is 31.1 Å². The van der Waals surface area contributed by atoms with Crippen molar-refractivity contribution in [1.82, 2.24) is 5.32 Å². The molecule has 19 heavy (non-hydrogen) atoms. The van der Waals surface area contributed by atoms with Crippen molar-refractivity contribution >= 4 is 18.3 Å². The summed E-state index contributed by atoms with van der Waals surface area (Å²) in [5.41, 5.74) is 1.26. The number of para-hydroxylation sites is 1. The van der Waals surface area contributed by atoms with E-state index in [9.17, 15) is 0 Å². The Bertz CT molecular complexity index is 440. The molecule has 0 saturated carbocycles. The van der Waals surface area contributed by atoms with E-state index in [4.69, 9.17) is 0 Å². The molecule has 0 spiro atoms. The van der Waals surface area contributed by atoms with Crippen LogP contribution in [0.1, 0.15) is 0 Å². The molecule has 0 aliphatic carbocycles. The highest BCUT2D eigenvalue weighted by molar-refractivity contribution is 7.80. The number of nitrogens with one attached hydrogen (secondary N) is 1.